The molecule has 0 radical (unpaired) electrons. The summed E-state index contributed by atoms with van der Waals surface area (Å²) in [5.41, 5.74) is -1.71. The van der Waals surface area contributed by atoms with Crippen molar-refractivity contribution in [2.75, 3.05) is 6.54 Å². The van der Waals surface area contributed by atoms with Gasteiger partial charge in [-0.15, -0.1) is 0 Å². The standard InChI is InChI=1S/C16H29NO6/c1-10(2)8-11(12(18)19)22-13(20)16(6,7)9-17-14(21)23-15(3,4)5/h10-11H,8-9H2,1-7H3,(H,17,21)(H,18,19)/t11-/m0/s1. The molecule has 7 heteroatoms. The molecule has 0 aromatic heterocycles. The Kier molecular flexibility index (Phi) is 7.54. The van der Waals surface area contributed by atoms with Gasteiger partial charge in [-0.05, 0) is 47.0 Å². The minimum absolute atomic E-state index is 0.0191. The fourth-order valence-corrected chi connectivity index (χ4v) is 1.60. The second kappa shape index (κ2) is 8.17. The number of hydrogen-bond donors (Lipinski definition) is 2. The van der Waals surface area contributed by atoms with E-state index in [9.17, 15) is 14.4 Å². The van der Waals surface area contributed by atoms with Crippen molar-refractivity contribution in [2.24, 2.45) is 11.3 Å². The first-order chi connectivity index (χ1) is 10.2. The van der Waals surface area contributed by atoms with Crippen molar-refractivity contribution in [3.8, 4) is 0 Å². The molecule has 23 heavy (non-hydrogen) atoms. The molecule has 0 fully saturated rings. The molecule has 1 atom stereocenters. The van der Waals surface area contributed by atoms with Gasteiger partial charge in [-0.3, -0.25) is 4.79 Å². The van der Waals surface area contributed by atoms with Crippen LogP contribution in [0.1, 0.15) is 54.9 Å². The smallest absolute Gasteiger partial charge is 0.407 e. The van der Waals surface area contributed by atoms with Crippen LogP contribution in [0.2, 0.25) is 0 Å². The van der Waals surface area contributed by atoms with Crippen LogP contribution in [-0.4, -0.2) is 41.4 Å². The highest BCUT2D eigenvalue weighted by Gasteiger charge is 2.34. The first-order valence-corrected chi connectivity index (χ1v) is 7.65. The topological polar surface area (TPSA) is 102 Å². The first kappa shape index (κ1) is 21.2. The van der Waals surface area contributed by atoms with Crippen molar-refractivity contribution in [3.05, 3.63) is 0 Å². The number of carboxylic acids is 1. The predicted molar refractivity (Wildman–Crippen MR) is 85.0 cm³/mol. The molecule has 0 rings (SSSR count). The summed E-state index contributed by atoms with van der Waals surface area (Å²) >= 11 is 0. The summed E-state index contributed by atoms with van der Waals surface area (Å²) in [5.74, 6) is -1.78. The number of aliphatic carboxylic acids is 1. The van der Waals surface area contributed by atoms with E-state index in [0.29, 0.717) is 0 Å². The minimum atomic E-state index is -1.19. The number of carboxylic acid groups (broad SMARTS) is 1. The predicted octanol–water partition coefficient (Wildman–Crippen LogP) is 2.58. The van der Waals surface area contributed by atoms with Gasteiger partial charge < -0.3 is 19.9 Å². The zero-order valence-electron chi connectivity index (χ0n) is 15.1. The molecule has 0 aliphatic rings. The molecule has 7 nitrogen and oxygen atoms in total. The highest BCUT2D eigenvalue weighted by molar-refractivity contribution is 5.81. The molecule has 1 amide bonds. The van der Waals surface area contributed by atoms with E-state index in [-0.39, 0.29) is 18.9 Å². The Morgan fingerprint density at radius 2 is 1.61 bits per heavy atom. The lowest BCUT2D eigenvalue weighted by molar-refractivity contribution is -0.171. The molecule has 0 aromatic rings. The summed E-state index contributed by atoms with van der Waals surface area (Å²) in [5, 5.41) is 11.6. The molecular formula is C16H29NO6. The summed E-state index contributed by atoms with van der Waals surface area (Å²) in [6.45, 7) is 12.0. The maximum absolute atomic E-state index is 12.2. The van der Waals surface area contributed by atoms with Crippen LogP contribution in [-0.2, 0) is 19.1 Å². The average Bonchev–Trinajstić information content (AvgIpc) is 2.32. The molecule has 0 aromatic carbocycles. The maximum atomic E-state index is 12.2. The zero-order chi connectivity index (χ0) is 18.4. The normalized spacial score (nSPS) is 13.4. The molecule has 0 unspecified atom stereocenters. The van der Waals surface area contributed by atoms with E-state index in [1.54, 1.807) is 34.6 Å². The quantitative estimate of drug-likeness (QED) is 0.695. The van der Waals surface area contributed by atoms with Gasteiger partial charge in [-0.25, -0.2) is 9.59 Å². The van der Waals surface area contributed by atoms with Crippen LogP contribution >= 0.6 is 0 Å². The summed E-state index contributed by atoms with van der Waals surface area (Å²) < 4.78 is 10.2. The van der Waals surface area contributed by atoms with Crippen molar-refractivity contribution < 1.29 is 29.0 Å². The second-order valence-electron chi connectivity index (χ2n) is 7.60. The number of carbonyl (C=O) groups excluding carboxylic acids is 2. The highest BCUT2D eigenvalue weighted by Crippen LogP contribution is 2.20. The number of nitrogens with one attached hydrogen (secondary N) is 1. The number of amides is 1. The van der Waals surface area contributed by atoms with Gasteiger partial charge in [0, 0.05) is 6.54 Å². The molecule has 0 aliphatic carbocycles. The number of ether oxygens (including phenoxy) is 2. The zero-order valence-corrected chi connectivity index (χ0v) is 15.1. The van der Waals surface area contributed by atoms with Crippen molar-refractivity contribution >= 4 is 18.0 Å². The third kappa shape index (κ3) is 9.05. The van der Waals surface area contributed by atoms with Gasteiger partial charge in [0.25, 0.3) is 0 Å². The van der Waals surface area contributed by atoms with Crippen LogP contribution in [0, 0.1) is 11.3 Å². The number of hydrogen-bond acceptors (Lipinski definition) is 5. The summed E-state index contributed by atoms with van der Waals surface area (Å²) in [7, 11) is 0. The third-order valence-corrected chi connectivity index (χ3v) is 2.84. The van der Waals surface area contributed by atoms with Gasteiger partial charge >= 0.3 is 18.0 Å². The van der Waals surface area contributed by atoms with E-state index in [4.69, 9.17) is 14.6 Å². The number of esters is 1. The Balaban J connectivity index is 4.64. The molecule has 0 aliphatic heterocycles. The Labute approximate surface area is 137 Å². The lowest BCUT2D eigenvalue weighted by atomic mass is 9.93. The Morgan fingerprint density at radius 1 is 1.09 bits per heavy atom. The van der Waals surface area contributed by atoms with Crippen molar-refractivity contribution in [1.29, 1.82) is 0 Å². The Bertz CT molecular complexity index is 436. The Morgan fingerprint density at radius 3 is 2.00 bits per heavy atom. The third-order valence-electron chi connectivity index (χ3n) is 2.84. The van der Waals surface area contributed by atoms with Crippen molar-refractivity contribution in [3.63, 3.8) is 0 Å². The minimum Gasteiger partial charge on any atom is -0.479 e. The molecule has 0 saturated heterocycles. The van der Waals surface area contributed by atoms with Crippen molar-refractivity contribution in [1.82, 2.24) is 5.32 Å². The number of carbonyl (C=O) groups is 3. The van der Waals surface area contributed by atoms with Crippen LogP contribution in [0.4, 0.5) is 4.79 Å². The number of alkyl carbamates (subject to hydrolysis) is 1. The summed E-state index contributed by atoms with van der Waals surface area (Å²) in [6.07, 6.45) is -1.60. The Hall–Kier alpha value is -1.79. The molecule has 2 N–H and O–H groups in total. The van der Waals surface area contributed by atoms with Crippen LogP contribution in [0.15, 0.2) is 0 Å². The SMILES string of the molecule is CC(C)C[C@H](OC(=O)C(C)(C)CNC(=O)OC(C)(C)C)C(=O)O. The van der Waals surface area contributed by atoms with Crippen LogP contribution in [0.25, 0.3) is 0 Å². The molecule has 0 saturated carbocycles. The van der Waals surface area contributed by atoms with E-state index in [0.717, 1.165) is 0 Å². The molecular weight excluding hydrogens is 302 g/mol. The monoisotopic (exact) mass is 331 g/mol. The fourth-order valence-electron chi connectivity index (χ4n) is 1.60. The summed E-state index contributed by atoms with van der Waals surface area (Å²) in [6, 6.07) is 0. The van der Waals surface area contributed by atoms with E-state index in [1.807, 2.05) is 13.8 Å². The second-order valence-corrected chi connectivity index (χ2v) is 7.60. The van der Waals surface area contributed by atoms with E-state index in [1.165, 1.54) is 0 Å². The first-order valence-electron chi connectivity index (χ1n) is 7.65. The highest BCUT2D eigenvalue weighted by atomic mass is 16.6. The summed E-state index contributed by atoms with van der Waals surface area (Å²) in [4.78, 5) is 35.0. The molecule has 134 valence electrons. The number of rotatable bonds is 7. The van der Waals surface area contributed by atoms with Gasteiger partial charge in [-0.2, -0.15) is 0 Å². The van der Waals surface area contributed by atoms with Crippen LogP contribution in [0.5, 0.6) is 0 Å². The maximum Gasteiger partial charge on any atom is 0.407 e. The van der Waals surface area contributed by atoms with Crippen LogP contribution in [0.3, 0.4) is 0 Å². The van der Waals surface area contributed by atoms with E-state index < -0.39 is 35.2 Å². The average molecular weight is 331 g/mol. The van der Waals surface area contributed by atoms with Gasteiger partial charge in [0.15, 0.2) is 6.10 Å². The van der Waals surface area contributed by atoms with E-state index in [2.05, 4.69) is 5.32 Å². The van der Waals surface area contributed by atoms with Gasteiger partial charge in [0.2, 0.25) is 0 Å². The van der Waals surface area contributed by atoms with E-state index >= 15 is 0 Å². The van der Waals surface area contributed by atoms with Crippen LogP contribution < -0.4 is 5.32 Å². The van der Waals surface area contributed by atoms with Gasteiger partial charge in [0.05, 0.1) is 5.41 Å². The molecule has 0 spiro atoms. The lowest BCUT2D eigenvalue weighted by Gasteiger charge is -2.26. The fraction of sp³-hybridized carbons (Fsp3) is 0.812. The molecule has 0 bridgehead atoms. The van der Waals surface area contributed by atoms with Crippen molar-refractivity contribution in [2.45, 2.75) is 66.6 Å². The lowest BCUT2D eigenvalue weighted by Crippen LogP contribution is -2.43. The van der Waals surface area contributed by atoms with Gasteiger partial charge in [0.1, 0.15) is 5.60 Å². The largest absolute Gasteiger partial charge is 0.479 e. The van der Waals surface area contributed by atoms with Gasteiger partial charge in [-0.1, -0.05) is 13.8 Å². The molecule has 0 heterocycles.